The Bertz CT molecular complexity index is 469. The van der Waals surface area contributed by atoms with E-state index >= 15 is 0 Å². The van der Waals surface area contributed by atoms with Gasteiger partial charge in [0.05, 0.1) is 0 Å². The van der Waals surface area contributed by atoms with Gasteiger partial charge in [0.2, 0.25) is 0 Å². The molecule has 1 rings (SSSR count). The molecule has 1 aromatic carbocycles. The molecule has 0 heterocycles. The second-order valence-corrected chi connectivity index (χ2v) is 5.45. The van der Waals surface area contributed by atoms with Crippen molar-refractivity contribution in [2.24, 2.45) is 5.73 Å². The molecule has 0 saturated heterocycles. The molecule has 4 nitrogen and oxygen atoms in total. The van der Waals surface area contributed by atoms with E-state index in [1.165, 1.54) is 16.7 Å². The van der Waals surface area contributed by atoms with Crippen LogP contribution in [0.15, 0.2) is 12.1 Å². The second kappa shape index (κ2) is 6.17. The zero-order valence-corrected chi connectivity index (χ0v) is 12.4. The van der Waals surface area contributed by atoms with Crippen LogP contribution in [0.3, 0.4) is 0 Å². The number of benzene rings is 1. The first-order chi connectivity index (χ1) is 8.73. The molecule has 0 spiro atoms. The number of hydrogen-bond donors (Lipinski definition) is 2. The van der Waals surface area contributed by atoms with Gasteiger partial charge >= 0.3 is 5.97 Å². The highest BCUT2D eigenvalue weighted by Gasteiger charge is 2.23. The van der Waals surface area contributed by atoms with Crippen LogP contribution in [-0.4, -0.2) is 36.1 Å². The molecule has 3 N–H and O–H groups in total. The van der Waals surface area contributed by atoms with Crippen LogP contribution in [0.5, 0.6) is 0 Å². The molecule has 0 amide bonds. The molecule has 4 heteroatoms. The van der Waals surface area contributed by atoms with Crippen molar-refractivity contribution in [3.8, 4) is 0 Å². The van der Waals surface area contributed by atoms with E-state index < -0.39 is 12.0 Å². The van der Waals surface area contributed by atoms with E-state index in [1.807, 2.05) is 19.0 Å². The standard InChI is InChI=1S/C15H24N2O2/c1-9-6-11(3)12(7-10(9)2)14(17(4)5)8-13(16)15(18)19/h6-7,13-14H,8,16H2,1-5H3,(H,18,19). The summed E-state index contributed by atoms with van der Waals surface area (Å²) >= 11 is 0. The first kappa shape index (κ1) is 15.7. The Hall–Kier alpha value is -1.39. The highest BCUT2D eigenvalue weighted by molar-refractivity contribution is 5.73. The molecule has 0 aliphatic heterocycles. The van der Waals surface area contributed by atoms with E-state index in [4.69, 9.17) is 10.8 Å². The third-order valence-corrected chi connectivity index (χ3v) is 3.66. The summed E-state index contributed by atoms with van der Waals surface area (Å²) in [6.07, 6.45) is 0.408. The highest BCUT2D eigenvalue weighted by atomic mass is 16.4. The largest absolute Gasteiger partial charge is 0.480 e. The number of nitrogens with two attached hydrogens (primary N) is 1. The number of hydrogen-bond acceptors (Lipinski definition) is 3. The molecule has 1 aromatic rings. The number of rotatable bonds is 5. The van der Waals surface area contributed by atoms with Gasteiger partial charge in [0.25, 0.3) is 0 Å². The summed E-state index contributed by atoms with van der Waals surface area (Å²) in [6.45, 7) is 6.21. The quantitative estimate of drug-likeness (QED) is 0.854. The molecule has 0 aliphatic carbocycles. The molecule has 2 atom stereocenters. The fourth-order valence-corrected chi connectivity index (χ4v) is 2.30. The van der Waals surface area contributed by atoms with Gasteiger partial charge in [-0.05, 0) is 63.5 Å². The normalized spacial score (nSPS) is 14.5. The van der Waals surface area contributed by atoms with Gasteiger partial charge in [0.1, 0.15) is 6.04 Å². The average Bonchev–Trinajstić information content (AvgIpc) is 2.30. The van der Waals surface area contributed by atoms with Gasteiger partial charge in [-0.2, -0.15) is 0 Å². The van der Waals surface area contributed by atoms with Gasteiger partial charge in [-0.15, -0.1) is 0 Å². The van der Waals surface area contributed by atoms with Crippen LogP contribution in [0, 0.1) is 20.8 Å². The molecule has 0 aromatic heterocycles. The van der Waals surface area contributed by atoms with E-state index in [1.54, 1.807) is 0 Å². The molecular weight excluding hydrogens is 240 g/mol. The Morgan fingerprint density at radius 3 is 2.21 bits per heavy atom. The number of aryl methyl sites for hydroxylation is 3. The number of nitrogens with zero attached hydrogens (tertiary/aromatic N) is 1. The Kier molecular flexibility index (Phi) is 5.09. The van der Waals surface area contributed by atoms with Crippen LogP contribution >= 0.6 is 0 Å². The third-order valence-electron chi connectivity index (χ3n) is 3.66. The van der Waals surface area contributed by atoms with Crippen LogP contribution < -0.4 is 5.73 Å². The third kappa shape index (κ3) is 3.78. The SMILES string of the molecule is Cc1cc(C)c(C(CC(N)C(=O)O)N(C)C)cc1C. The minimum atomic E-state index is -0.951. The summed E-state index contributed by atoms with van der Waals surface area (Å²) in [5.74, 6) is -0.951. The van der Waals surface area contributed by atoms with E-state index in [9.17, 15) is 4.79 Å². The van der Waals surface area contributed by atoms with Gasteiger partial charge in [0, 0.05) is 6.04 Å². The molecule has 0 bridgehead atoms. The summed E-state index contributed by atoms with van der Waals surface area (Å²) in [6, 6.07) is 3.47. The van der Waals surface area contributed by atoms with Crippen molar-refractivity contribution >= 4 is 5.97 Å². The van der Waals surface area contributed by atoms with Crippen LogP contribution in [-0.2, 0) is 4.79 Å². The molecule has 19 heavy (non-hydrogen) atoms. The molecule has 2 unspecified atom stereocenters. The van der Waals surface area contributed by atoms with Gasteiger partial charge < -0.3 is 15.7 Å². The minimum Gasteiger partial charge on any atom is -0.480 e. The van der Waals surface area contributed by atoms with E-state index in [-0.39, 0.29) is 6.04 Å². The Morgan fingerprint density at radius 1 is 1.21 bits per heavy atom. The summed E-state index contributed by atoms with van der Waals surface area (Å²) in [7, 11) is 3.90. The Balaban J connectivity index is 3.13. The monoisotopic (exact) mass is 264 g/mol. The first-order valence-electron chi connectivity index (χ1n) is 6.46. The lowest BCUT2D eigenvalue weighted by Gasteiger charge is -2.28. The van der Waals surface area contributed by atoms with Crippen LogP contribution in [0.4, 0.5) is 0 Å². The molecule has 0 radical (unpaired) electrons. The summed E-state index contributed by atoms with van der Waals surface area (Å²) in [5, 5.41) is 8.98. The molecule has 106 valence electrons. The first-order valence-corrected chi connectivity index (χ1v) is 6.46. The molecule has 0 fully saturated rings. The van der Waals surface area contributed by atoms with Crippen molar-refractivity contribution in [2.75, 3.05) is 14.1 Å². The van der Waals surface area contributed by atoms with Crippen LogP contribution in [0.25, 0.3) is 0 Å². The zero-order chi connectivity index (χ0) is 14.7. The highest BCUT2D eigenvalue weighted by Crippen LogP contribution is 2.28. The lowest BCUT2D eigenvalue weighted by atomic mass is 9.91. The smallest absolute Gasteiger partial charge is 0.320 e. The Morgan fingerprint density at radius 2 is 1.74 bits per heavy atom. The summed E-state index contributed by atoms with van der Waals surface area (Å²) in [5.41, 5.74) is 10.5. The van der Waals surface area contributed by atoms with E-state index in [0.717, 1.165) is 5.56 Å². The van der Waals surface area contributed by atoms with Crippen molar-refractivity contribution in [1.82, 2.24) is 4.90 Å². The van der Waals surface area contributed by atoms with Crippen molar-refractivity contribution in [3.63, 3.8) is 0 Å². The fourth-order valence-electron chi connectivity index (χ4n) is 2.30. The molecule has 0 saturated carbocycles. The van der Waals surface area contributed by atoms with Gasteiger partial charge in [-0.25, -0.2) is 0 Å². The zero-order valence-electron chi connectivity index (χ0n) is 12.4. The summed E-state index contributed by atoms with van der Waals surface area (Å²) < 4.78 is 0. The van der Waals surface area contributed by atoms with E-state index in [0.29, 0.717) is 6.42 Å². The topological polar surface area (TPSA) is 66.6 Å². The van der Waals surface area contributed by atoms with Crippen molar-refractivity contribution < 1.29 is 9.90 Å². The van der Waals surface area contributed by atoms with E-state index in [2.05, 4.69) is 32.9 Å². The van der Waals surface area contributed by atoms with Crippen LogP contribution in [0.2, 0.25) is 0 Å². The van der Waals surface area contributed by atoms with Gasteiger partial charge in [-0.3, -0.25) is 4.79 Å². The lowest BCUT2D eigenvalue weighted by molar-refractivity contribution is -0.139. The predicted molar refractivity (Wildman–Crippen MR) is 77.3 cm³/mol. The number of carbonyl (C=O) groups is 1. The molecule has 0 aliphatic rings. The number of carboxylic acid groups (broad SMARTS) is 1. The second-order valence-electron chi connectivity index (χ2n) is 5.45. The fraction of sp³-hybridized carbons (Fsp3) is 0.533. The van der Waals surface area contributed by atoms with Crippen molar-refractivity contribution in [1.29, 1.82) is 0 Å². The average molecular weight is 264 g/mol. The van der Waals surface area contributed by atoms with Crippen molar-refractivity contribution in [3.05, 3.63) is 34.4 Å². The lowest BCUT2D eigenvalue weighted by Crippen LogP contribution is -2.35. The van der Waals surface area contributed by atoms with Crippen LogP contribution in [0.1, 0.15) is 34.7 Å². The maximum Gasteiger partial charge on any atom is 0.320 e. The molecular formula is C15H24N2O2. The summed E-state index contributed by atoms with van der Waals surface area (Å²) in [4.78, 5) is 13.0. The number of aliphatic carboxylic acids is 1. The van der Waals surface area contributed by atoms with Gasteiger partial charge in [-0.1, -0.05) is 12.1 Å². The predicted octanol–water partition coefficient (Wildman–Crippen LogP) is 2.02. The van der Waals surface area contributed by atoms with Gasteiger partial charge in [0.15, 0.2) is 0 Å². The minimum absolute atomic E-state index is 0.0189. The maximum absolute atomic E-state index is 11.0. The maximum atomic E-state index is 11.0. The Labute approximate surface area is 115 Å². The number of carboxylic acids is 1. The van der Waals surface area contributed by atoms with Crippen molar-refractivity contribution in [2.45, 2.75) is 39.3 Å².